The van der Waals surface area contributed by atoms with E-state index >= 15 is 0 Å². The Morgan fingerprint density at radius 3 is 2.42 bits per heavy atom. The highest BCUT2D eigenvalue weighted by Crippen LogP contribution is 2.27. The molecule has 98 valence electrons. The summed E-state index contributed by atoms with van der Waals surface area (Å²) in [5.41, 5.74) is 2.10. The molecule has 2 heterocycles. The predicted molar refractivity (Wildman–Crippen MR) is 72.0 cm³/mol. The van der Waals surface area contributed by atoms with Crippen LogP contribution in [0.1, 0.15) is 23.3 Å². The smallest absolute Gasteiger partial charge is 0.356 e. The highest BCUT2D eigenvalue weighted by Gasteiger charge is 2.17. The average molecular weight is 257 g/mol. The maximum atomic E-state index is 10.9. The molecule has 0 aliphatic carbocycles. The van der Waals surface area contributed by atoms with Crippen LogP contribution in [-0.4, -0.2) is 33.9 Å². The normalized spacial score (nSPS) is 14.8. The van der Waals surface area contributed by atoms with E-state index in [-0.39, 0.29) is 5.69 Å². The third-order valence-corrected chi connectivity index (χ3v) is 3.38. The topological polar surface area (TPSA) is 58.4 Å². The number of para-hydroxylation sites is 2. The van der Waals surface area contributed by atoms with Gasteiger partial charge in [0.25, 0.3) is 0 Å². The second-order valence-electron chi connectivity index (χ2n) is 4.63. The van der Waals surface area contributed by atoms with Crippen LogP contribution in [0.25, 0.3) is 5.69 Å². The van der Waals surface area contributed by atoms with Crippen molar-refractivity contribution in [3.8, 4) is 5.69 Å². The number of carboxylic acid groups (broad SMARTS) is 1. The number of aromatic nitrogens is 2. The summed E-state index contributed by atoms with van der Waals surface area (Å²) in [6.07, 6.45) is 4.10. The number of hydrogen-bond donors (Lipinski definition) is 1. The Bertz CT molecular complexity index is 600. The fourth-order valence-corrected chi connectivity index (χ4v) is 2.46. The van der Waals surface area contributed by atoms with Gasteiger partial charge in [-0.15, -0.1) is 0 Å². The van der Waals surface area contributed by atoms with Gasteiger partial charge in [-0.3, -0.25) is 0 Å². The highest BCUT2D eigenvalue weighted by atomic mass is 16.4. The molecule has 1 saturated heterocycles. The van der Waals surface area contributed by atoms with Crippen molar-refractivity contribution < 1.29 is 9.90 Å². The van der Waals surface area contributed by atoms with Crippen molar-refractivity contribution in [2.45, 2.75) is 12.8 Å². The van der Waals surface area contributed by atoms with E-state index in [1.165, 1.54) is 18.9 Å². The van der Waals surface area contributed by atoms with Gasteiger partial charge in [-0.05, 0) is 31.0 Å². The zero-order valence-corrected chi connectivity index (χ0v) is 10.5. The van der Waals surface area contributed by atoms with Gasteiger partial charge in [-0.25, -0.2) is 9.48 Å². The zero-order valence-electron chi connectivity index (χ0n) is 10.5. The Kier molecular flexibility index (Phi) is 2.95. The molecule has 0 bridgehead atoms. The van der Waals surface area contributed by atoms with Gasteiger partial charge in [-0.2, -0.15) is 5.10 Å². The van der Waals surface area contributed by atoms with Gasteiger partial charge in [0.15, 0.2) is 5.69 Å². The van der Waals surface area contributed by atoms with Crippen LogP contribution in [0.4, 0.5) is 5.69 Å². The van der Waals surface area contributed by atoms with E-state index in [0.717, 1.165) is 24.5 Å². The van der Waals surface area contributed by atoms with Crippen LogP contribution in [0.3, 0.4) is 0 Å². The van der Waals surface area contributed by atoms with Crippen LogP contribution in [0.15, 0.2) is 36.5 Å². The Morgan fingerprint density at radius 2 is 1.79 bits per heavy atom. The van der Waals surface area contributed by atoms with Gasteiger partial charge in [-0.1, -0.05) is 12.1 Å². The number of carboxylic acids is 1. The SMILES string of the molecule is O=C(O)c1ccn(-c2ccccc2N2CCCC2)n1. The van der Waals surface area contributed by atoms with Crippen LogP contribution in [0.2, 0.25) is 0 Å². The van der Waals surface area contributed by atoms with Crippen LogP contribution >= 0.6 is 0 Å². The van der Waals surface area contributed by atoms with Crippen LogP contribution in [-0.2, 0) is 0 Å². The lowest BCUT2D eigenvalue weighted by molar-refractivity contribution is 0.0690. The molecule has 1 aromatic carbocycles. The summed E-state index contributed by atoms with van der Waals surface area (Å²) in [4.78, 5) is 13.2. The van der Waals surface area contributed by atoms with Crippen molar-refractivity contribution >= 4 is 11.7 Å². The van der Waals surface area contributed by atoms with E-state index < -0.39 is 5.97 Å². The lowest BCUT2D eigenvalue weighted by Crippen LogP contribution is -2.19. The number of anilines is 1. The van der Waals surface area contributed by atoms with Crippen molar-refractivity contribution in [1.82, 2.24) is 9.78 Å². The van der Waals surface area contributed by atoms with Crippen molar-refractivity contribution in [3.05, 3.63) is 42.2 Å². The predicted octanol–water partition coefficient (Wildman–Crippen LogP) is 2.17. The molecule has 2 aromatic rings. The summed E-state index contributed by atoms with van der Waals surface area (Å²) in [5.74, 6) is -1.00. The fourth-order valence-electron chi connectivity index (χ4n) is 2.46. The third kappa shape index (κ3) is 2.19. The van der Waals surface area contributed by atoms with Gasteiger partial charge in [0.1, 0.15) is 0 Å². The Labute approximate surface area is 111 Å². The lowest BCUT2D eigenvalue weighted by Gasteiger charge is -2.21. The van der Waals surface area contributed by atoms with E-state index in [1.54, 1.807) is 10.9 Å². The molecule has 1 aromatic heterocycles. The quantitative estimate of drug-likeness (QED) is 0.915. The molecule has 5 heteroatoms. The summed E-state index contributed by atoms with van der Waals surface area (Å²) in [5, 5.41) is 13.0. The molecule has 1 aliphatic heterocycles. The minimum Gasteiger partial charge on any atom is -0.476 e. The number of carbonyl (C=O) groups is 1. The second kappa shape index (κ2) is 4.76. The monoisotopic (exact) mass is 257 g/mol. The van der Waals surface area contributed by atoms with Crippen LogP contribution < -0.4 is 4.90 Å². The first kappa shape index (κ1) is 11.8. The Hall–Kier alpha value is -2.30. The fraction of sp³-hybridized carbons (Fsp3) is 0.286. The van der Waals surface area contributed by atoms with Gasteiger partial charge in [0.05, 0.1) is 11.4 Å². The van der Waals surface area contributed by atoms with Crippen LogP contribution in [0, 0.1) is 0 Å². The van der Waals surface area contributed by atoms with Gasteiger partial charge in [0.2, 0.25) is 0 Å². The van der Waals surface area contributed by atoms with Crippen molar-refractivity contribution in [2.75, 3.05) is 18.0 Å². The minimum absolute atomic E-state index is 0.0659. The molecule has 19 heavy (non-hydrogen) atoms. The first-order valence-corrected chi connectivity index (χ1v) is 6.39. The number of benzene rings is 1. The number of rotatable bonds is 3. The Balaban J connectivity index is 2.01. The molecule has 1 aliphatic rings. The molecular formula is C14H15N3O2. The average Bonchev–Trinajstić information content (AvgIpc) is 3.10. The summed E-state index contributed by atoms with van der Waals surface area (Å²) in [6, 6.07) is 9.48. The molecule has 0 atom stereocenters. The molecule has 0 amide bonds. The molecule has 3 rings (SSSR count). The summed E-state index contributed by atoms with van der Waals surface area (Å²) >= 11 is 0. The van der Waals surface area contributed by atoms with Gasteiger partial charge < -0.3 is 10.0 Å². The molecular weight excluding hydrogens is 242 g/mol. The first-order valence-electron chi connectivity index (χ1n) is 6.39. The summed E-state index contributed by atoms with van der Waals surface area (Å²) in [7, 11) is 0. The molecule has 0 saturated carbocycles. The zero-order chi connectivity index (χ0) is 13.2. The van der Waals surface area contributed by atoms with E-state index in [0.29, 0.717) is 0 Å². The Morgan fingerprint density at radius 1 is 1.11 bits per heavy atom. The first-order chi connectivity index (χ1) is 9.25. The third-order valence-electron chi connectivity index (χ3n) is 3.38. The van der Waals surface area contributed by atoms with Crippen molar-refractivity contribution in [2.24, 2.45) is 0 Å². The van der Waals surface area contributed by atoms with Crippen molar-refractivity contribution in [1.29, 1.82) is 0 Å². The molecule has 1 fully saturated rings. The number of hydrogen-bond acceptors (Lipinski definition) is 3. The molecule has 1 N–H and O–H groups in total. The molecule has 5 nitrogen and oxygen atoms in total. The highest BCUT2D eigenvalue weighted by molar-refractivity contribution is 5.85. The summed E-state index contributed by atoms with van der Waals surface area (Å²) < 4.78 is 1.64. The largest absolute Gasteiger partial charge is 0.476 e. The summed E-state index contributed by atoms with van der Waals surface area (Å²) in [6.45, 7) is 2.09. The van der Waals surface area contributed by atoms with E-state index in [4.69, 9.17) is 5.11 Å². The van der Waals surface area contributed by atoms with E-state index in [1.807, 2.05) is 18.2 Å². The number of nitrogens with zero attached hydrogens (tertiary/aromatic N) is 3. The molecule has 0 unspecified atom stereocenters. The maximum Gasteiger partial charge on any atom is 0.356 e. The van der Waals surface area contributed by atoms with E-state index in [9.17, 15) is 4.79 Å². The maximum absolute atomic E-state index is 10.9. The van der Waals surface area contributed by atoms with Crippen LogP contribution in [0.5, 0.6) is 0 Å². The molecule has 0 radical (unpaired) electrons. The van der Waals surface area contributed by atoms with Gasteiger partial charge >= 0.3 is 5.97 Å². The molecule has 0 spiro atoms. The number of aromatic carboxylic acids is 1. The van der Waals surface area contributed by atoms with E-state index in [2.05, 4.69) is 16.1 Å². The second-order valence-corrected chi connectivity index (χ2v) is 4.63. The van der Waals surface area contributed by atoms with Gasteiger partial charge in [0, 0.05) is 19.3 Å². The van der Waals surface area contributed by atoms with Crippen molar-refractivity contribution in [3.63, 3.8) is 0 Å². The minimum atomic E-state index is -1.00. The lowest BCUT2D eigenvalue weighted by atomic mass is 10.2. The standard InChI is InChI=1S/C14H15N3O2/c18-14(19)11-7-10-17(15-11)13-6-2-1-5-12(13)16-8-3-4-9-16/h1-2,5-7,10H,3-4,8-9H2,(H,18,19).